The van der Waals surface area contributed by atoms with Crippen molar-refractivity contribution < 1.29 is 14.3 Å². The number of piperidine rings is 1. The Hall–Kier alpha value is -2.21. The van der Waals surface area contributed by atoms with Crippen molar-refractivity contribution >= 4 is 22.9 Å². The Labute approximate surface area is 154 Å². The summed E-state index contributed by atoms with van der Waals surface area (Å²) < 4.78 is 6.77. The summed E-state index contributed by atoms with van der Waals surface area (Å²) in [5.41, 5.74) is 1.36. The number of ether oxygens (including phenoxy) is 1. The van der Waals surface area contributed by atoms with Crippen LogP contribution in [0, 0.1) is 5.92 Å². The Morgan fingerprint density at radius 2 is 1.92 bits per heavy atom. The lowest BCUT2D eigenvalue weighted by Crippen LogP contribution is -2.31. The number of imidazole rings is 1. The van der Waals surface area contributed by atoms with Crippen molar-refractivity contribution in [1.29, 1.82) is 0 Å². The fraction of sp³-hybridized carbons (Fsp3) is 0.550. The van der Waals surface area contributed by atoms with Crippen LogP contribution in [0.4, 0.5) is 4.79 Å². The molecule has 0 N–H and O–H groups in total. The van der Waals surface area contributed by atoms with E-state index in [4.69, 9.17) is 4.74 Å². The van der Waals surface area contributed by atoms with Crippen molar-refractivity contribution in [1.82, 2.24) is 14.5 Å². The van der Waals surface area contributed by atoms with E-state index in [0.29, 0.717) is 28.9 Å². The van der Waals surface area contributed by atoms with Gasteiger partial charge < -0.3 is 9.64 Å². The van der Waals surface area contributed by atoms with E-state index in [1.165, 1.54) is 10.9 Å². The fourth-order valence-corrected chi connectivity index (χ4v) is 3.29. The maximum Gasteiger partial charge on any atom is 0.420 e. The minimum Gasteiger partial charge on any atom is -0.443 e. The zero-order valence-corrected chi connectivity index (χ0v) is 16.0. The molecule has 2 aromatic rings. The Bertz CT molecular complexity index is 811. The molecule has 0 spiro atoms. The van der Waals surface area contributed by atoms with E-state index in [2.05, 4.69) is 16.9 Å². The predicted octanol–water partition coefficient (Wildman–Crippen LogP) is 3.73. The summed E-state index contributed by atoms with van der Waals surface area (Å²) in [6.45, 7) is 7.58. The molecule has 26 heavy (non-hydrogen) atoms. The van der Waals surface area contributed by atoms with Crippen molar-refractivity contribution in [2.24, 2.45) is 5.92 Å². The van der Waals surface area contributed by atoms with Gasteiger partial charge in [-0.1, -0.05) is 0 Å². The van der Waals surface area contributed by atoms with Gasteiger partial charge in [0.25, 0.3) is 0 Å². The van der Waals surface area contributed by atoms with Gasteiger partial charge in [-0.2, -0.15) is 0 Å². The highest BCUT2D eigenvalue weighted by Crippen LogP contribution is 2.23. The Kier molecular flexibility index (Phi) is 5.14. The maximum atomic E-state index is 12.6. The first kappa shape index (κ1) is 18.6. The van der Waals surface area contributed by atoms with Crippen LogP contribution in [0.1, 0.15) is 50.4 Å². The largest absolute Gasteiger partial charge is 0.443 e. The van der Waals surface area contributed by atoms with E-state index in [1.807, 2.05) is 20.8 Å². The van der Waals surface area contributed by atoms with E-state index < -0.39 is 11.7 Å². The Morgan fingerprint density at radius 3 is 2.58 bits per heavy atom. The second kappa shape index (κ2) is 7.19. The normalized spacial score (nSPS) is 16.8. The summed E-state index contributed by atoms with van der Waals surface area (Å²) in [4.78, 5) is 31.5. The number of aromatic nitrogens is 2. The summed E-state index contributed by atoms with van der Waals surface area (Å²) in [5, 5.41) is 0. The third kappa shape index (κ3) is 4.30. The molecule has 1 fully saturated rings. The molecule has 1 saturated heterocycles. The zero-order valence-electron chi connectivity index (χ0n) is 16.0. The van der Waals surface area contributed by atoms with Crippen LogP contribution >= 0.6 is 0 Å². The SMILES string of the molecule is CN1CCC(CC(=O)c2ccc3c(c2)ncn3C(=O)OC(C)(C)C)CC1. The topological polar surface area (TPSA) is 64.4 Å². The molecule has 1 aliphatic rings. The highest BCUT2D eigenvalue weighted by atomic mass is 16.6. The fourth-order valence-electron chi connectivity index (χ4n) is 3.29. The predicted molar refractivity (Wildman–Crippen MR) is 101 cm³/mol. The number of ketones is 1. The summed E-state index contributed by atoms with van der Waals surface area (Å²) in [5.74, 6) is 0.599. The summed E-state index contributed by atoms with van der Waals surface area (Å²) in [7, 11) is 2.12. The molecular formula is C20H27N3O3. The van der Waals surface area contributed by atoms with E-state index in [1.54, 1.807) is 18.2 Å². The zero-order chi connectivity index (χ0) is 18.9. The van der Waals surface area contributed by atoms with E-state index in [0.717, 1.165) is 25.9 Å². The highest BCUT2D eigenvalue weighted by Gasteiger charge is 2.22. The monoisotopic (exact) mass is 357 g/mol. The van der Waals surface area contributed by atoms with Crippen molar-refractivity contribution in [3.8, 4) is 0 Å². The van der Waals surface area contributed by atoms with Crippen LogP contribution in [0.15, 0.2) is 24.5 Å². The van der Waals surface area contributed by atoms with Gasteiger partial charge in [0, 0.05) is 12.0 Å². The molecule has 0 saturated carbocycles. The van der Waals surface area contributed by atoms with Gasteiger partial charge in [0.1, 0.15) is 11.9 Å². The first-order valence-electron chi connectivity index (χ1n) is 9.15. The molecule has 0 unspecified atom stereocenters. The van der Waals surface area contributed by atoms with Crippen LogP contribution in [0.25, 0.3) is 11.0 Å². The molecule has 1 aromatic heterocycles. The Morgan fingerprint density at radius 1 is 1.23 bits per heavy atom. The van der Waals surface area contributed by atoms with Gasteiger partial charge in [-0.3, -0.25) is 4.79 Å². The number of hydrogen-bond acceptors (Lipinski definition) is 5. The van der Waals surface area contributed by atoms with Gasteiger partial charge in [-0.25, -0.2) is 14.3 Å². The summed E-state index contributed by atoms with van der Waals surface area (Å²) in [6, 6.07) is 5.32. The van der Waals surface area contributed by atoms with Gasteiger partial charge in [-0.15, -0.1) is 0 Å². The smallest absolute Gasteiger partial charge is 0.420 e. The van der Waals surface area contributed by atoms with Gasteiger partial charge in [-0.05, 0) is 77.9 Å². The number of rotatable bonds is 3. The molecule has 6 nitrogen and oxygen atoms in total. The second-order valence-electron chi connectivity index (χ2n) is 8.17. The minimum absolute atomic E-state index is 0.147. The second-order valence-corrected chi connectivity index (χ2v) is 8.17. The molecular weight excluding hydrogens is 330 g/mol. The van der Waals surface area contributed by atoms with Gasteiger partial charge in [0.15, 0.2) is 5.78 Å². The van der Waals surface area contributed by atoms with Crippen LogP contribution in [0.5, 0.6) is 0 Å². The molecule has 3 rings (SSSR count). The lowest BCUT2D eigenvalue weighted by molar-refractivity contribution is 0.0543. The summed E-state index contributed by atoms with van der Waals surface area (Å²) in [6.07, 6.45) is 3.69. The number of Topliss-reactive ketones (excluding diaryl/α,β-unsaturated/α-hetero) is 1. The molecule has 2 heterocycles. The maximum absolute atomic E-state index is 12.6. The number of carbonyl (C=O) groups excluding carboxylic acids is 2. The number of hydrogen-bond donors (Lipinski definition) is 0. The lowest BCUT2D eigenvalue weighted by atomic mass is 9.90. The quantitative estimate of drug-likeness (QED) is 0.783. The molecule has 6 heteroatoms. The standard InChI is InChI=1S/C20H27N3O3/c1-20(2,3)26-19(25)23-13-21-16-12-15(5-6-17(16)23)18(24)11-14-7-9-22(4)10-8-14/h5-6,12-14H,7-11H2,1-4H3. The van der Waals surface area contributed by atoms with Crippen LogP contribution in [-0.4, -0.2) is 52.1 Å². The van der Waals surface area contributed by atoms with Crippen LogP contribution in [0.2, 0.25) is 0 Å². The molecule has 1 aliphatic heterocycles. The highest BCUT2D eigenvalue weighted by molar-refractivity contribution is 5.99. The first-order valence-corrected chi connectivity index (χ1v) is 9.15. The molecule has 0 aliphatic carbocycles. The van der Waals surface area contributed by atoms with Gasteiger partial charge >= 0.3 is 6.09 Å². The number of nitrogens with zero attached hydrogens (tertiary/aromatic N) is 3. The number of fused-ring (bicyclic) bond motifs is 1. The minimum atomic E-state index is -0.572. The number of carbonyl (C=O) groups is 2. The molecule has 0 atom stereocenters. The molecule has 1 aromatic carbocycles. The van der Waals surface area contributed by atoms with Gasteiger partial charge in [0.2, 0.25) is 0 Å². The third-order valence-corrected chi connectivity index (χ3v) is 4.77. The molecule has 140 valence electrons. The van der Waals surface area contributed by atoms with Crippen molar-refractivity contribution in [3.63, 3.8) is 0 Å². The van der Waals surface area contributed by atoms with Crippen LogP contribution in [0.3, 0.4) is 0 Å². The first-order chi connectivity index (χ1) is 12.2. The van der Waals surface area contributed by atoms with Crippen LogP contribution in [-0.2, 0) is 4.74 Å². The van der Waals surface area contributed by atoms with Gasteiger partial charge in [0.05, 0.1) is 11.0 Å². The van der Waals surface area contributed by atoms with E-state index >= 15 is 0 Å². The van der Waals surface area contributed by atoms with Crippen molar-refractivity contribution in [2.45, 2.75) is 45.6 Å². The van der Waals surface area contributed by atoms with E-state index in [9.17, 15) is 9.59 Å². The van der Waals surface area contributed by atoms with Crippen molar-refractivity contribution in [3.05, 3.63) is 30.1 Å². The van der Waals surface area contributed by atoms with E-state index in [-0.39, 0.29) is 5.78 Å². The average Bonchev–Trinajstić information content (AvgIpc) is 2.98. The number of likely N-dealkylation sites (tertiary alicyclic amines) is 1. The molecule has 0 bridgehead atoms. The molecule has 0 radical (unpaired) electrons. The third-order valence-electron chi connectivity index (χ3n) is 4.77. The van der Waals surface area contributed by atoms with Crippen molar-refractivity contribution in [2.75, 3.05) is 20.1 Å². The average molecular weight is 357 g/mol. The molecule has 0 amide bonds. The Balaban J connectivity index is 1.74. The van der Waals surface area contributed by atoms with Crippen LogP contribution < -0.4 is 0 Å². The number of benzene rings is 1. The lowest BCUT2D eigenvalue weighted by Gasteiger charge is -2.28. The summed E-state index contributed by atoms with van der Waals surface area (Å²) >= 11 is 0.